The van der Waals surface area contributed by atoms with Crippen molar-refractivity contribution in [1.82, 2.24) is 10.6 Å². The molecule has 0 bridgehead atoms. The second kappa shape index (κ2) is 9.26. The average Bonchev–Trinajstić information content (AvgIpc) is 2.62. The van der Waals surface area contributed by atoms with Gasteiger partial charge in [-0.2, -0.15) is 0 Å². The lowest BCUT2D eigenvalue weighted by molar-refractivity contribution is -0.384. The summed E-state index contributed by atoms with van der Waals surface area (Å²) in [7, 11) is 0. The number of nitrogens with zero attached hydrogens (tertiary/aromatic N) is 1. The third-order valence-electron chi connectivity index (χ3n) is 3.60. The molecule has 0 atom stereocenters. The first-order chi connectivity index (χ1) is 12.5. The van der Waals surface area contributed by atoms with Crippen LogP contribution in [-0.4, -0.2) is 29.8 Å². The van der Waals surface area contributed by atoms with Gasteiger partial charge in [0.25, 0.3) is 11.6 Å². The lowest BCUT2D eigenvalue weighted by Gasteiger charge is -2.07. The second-order valence-corrected chi connectivity index (χ2v) is 5.54. The lowest BCUT2D eigenvalue weighted by Crippen LogP contribution is -2.31. The van der Waals surface area contributed by atoms with Crippen molar-refractivity contribution < 1.29 is 18.9 Å². The van der Waals surface area contributed by atoms with Crippen molar-refractivity contribution in [2.24, 2.45) is 0 Å². The van der Waals surface area contributed by atoms with E-state index in [0.717, 1.165) is 5.56 Å². The highest BCUT2D eigenvalue weighted by Crippen LogP contribution is 2.11. The molecule has 0 aliphatic carbocycles. The smallest absolute Gasteiger partial charge is 0.269 e. The molecule has 0 aliphatic heterocycles. The molecule has 7 nitrogen and oxygen atoms in total. The van der Waals surface area contributed by atoms with E-state index in [0.29, 0.717) is 13.0 Å². The molecule has 0 fully saturated rings. The zero-order valence-electron chi connectivity index (χ0n) is 13.9. The van der Waals surface area contributed by atoms with Gasteiger partial charge in [-0.05, 0) is 36.2 Å². The minimum Gasteiger partial charge on any atom is -0.356 e. The monoisotopic (exact) mass is 359 g/mol. The van der Waals surface area contributed by atoms with E-state index < -0.39 is 10.8 Å². The van der Waals surface area contributed by atoms with Gasteiger partial charge in [-0.15, -0.1) is 0 Å². The first kappa shape index (κ1) is 19.0. The van der Waals surface area contributed by atoms with Gasteiger partial charge in [-0.25, -0.2) is 4.39 Å². The van der Waals surface area contributed by atoms with Crippen LogP contribution >= 0.6 is 0 Å². The third-order valence-corrected chi connectivity index (χ3v) is 3.60. The number of non-ortho nitro benzene ring substituents is 1. The molecule has 0 aromatic heterocycles. The molecule has 2 amide bonds. The number of carbonyl (C=O) groups excluding carboxylic acids is 2. The van der Waals surface area contributed by atoms with Gasteiger partial charge in [0.2, 0.25) is 5.91 Å². The molecule has 0 spiro atoms. The van der Waals surface area contributed by atoms with Gasteiger partial charge in [-0.1, -0.05) is 12.1 Å². The Labute approximate surface area is 149 Å². The molecule has 0 unspecified atom stereocenters. The summed E-state index contributed by atoms with van der Waals surface area (Å²) in [6.07, 6.45) is 0.612. The van der Waals surface area contributed by atoms with Gasteiger partial charge < -0.3 is 10.6 Å². The molecule has 8 heteroatoms. The molecule has 0 radical (unpaired) electrons. The standard InChI is InChI=1S/C18H18FN3O4/c19-15-3-1-2-13(12-15)8-10-20-17(23)9-11-21-18(24)14-4-6-16(7-5-14)22(25)26/h1-7,12H,8-11H2,(H,20,23)(H,21,24). The minimum atomic E-state index is -0.546. The molecule has 26 heavy (non-hydrogen) atoms. The van der Waals surface area contributed by atoms with Crippen LogP contribution in [0.4, 0.5) is 10.1 Å². The van der Waals surface area contributed by atoms with Gasteiger partial charge >= 0.3 is 0 Å². The van der Waals surface area contributed by atoms with Crippen LogP contribution in [0.15, 0.2) is 48.5 Å². The fourth-order valence-electron chi connectivity index (χ4n) is 2.25. The fourth-order valence-corrected chi connectivity index (χ4v) is 2.25. The SMILES string of the molecule is O=C(CCNC(=O)c1ccc([N+](=O)[O-])cc1)NCCc1cccc(F)c1. The van der Waals surface area contributed by atoms with E-state index in [1.165, 1.54) is 36.4 Å². The maximum Gasteiger partial charge on any atom is 0.269 e. The molecule has 2 N–H and O–H groups in total. The summed E-state index contributed by atoms with van der Waals surface area (Å²) in [5.41, 5.74) is 0.970. The van der Waals surface area contributed by atoms with Crippen LogP contribution < -0.4 is 10.6 Å². The van der Waals surface area contributed by atoms with E-state index >= 15 is 0 Å². The quantitative estimate of drug-likeness (QED) is 0.557. The van der Waals surface area contributed by atoms with Gasteiger partial charge in [0.05, 0.1) is 4.92 Å². The summed E-state index contributed by atoms with van der Waals surface area (Å²) in [6.45, 7) is 0.514. The van der Waals surface area contributed by atoms with E-state index in [-0.39, 0.29) is 35.9 Å². The van der Waals surface area contributed by atoms with Crippen molar-refractivity contribution in [3.8, 4) is 0 Å². The number of rotatable bonds is 8. The summed E-state index contributed by atoms with van der Waals surface area (Å²) in [6, 6.07) is 11.4. The van der Waals surface area contributed by atoms with Crippen molar-refractivity contribution in [3.63, 3.8) is 0 Å². The Hall–Kier alpha value is -3.29. The highest BCUT2D eigenvalue weighted by atomic mass is 19.1. The highest BCUT2D eigenvalue weighted by molar-refractivity contribution is 5.94. The maximum atomic E-state index is 13.0. The van der Waals surface area contributed by atoms with Crippen LogP contribution in [-0.2, 0) is 11.2 Å². The Morgan fingerprint density at radius 1 is 1.04 bits per heavy atom. The highest BCUT2D eigenvalue weighted by Gasteiger charge is 2.09. The van der Waals surface area contributed by atoms with Crippen molar-refractivity contribution in [3.05, 3.63) is 75.6 Å². The van der Waals surface area contributed by atoms with Gasteiger partial charge in [0, 0.05) is 37.2 Å². The molecule has 0 heterocycles. The number of carbonyl (C=O) groups is 2. The fraction of sp³-hybridized carbons (Fsp3) is 0.222. The zero-order valence-corrected chi connectivity index (χ0v) is 13.9. The van der Waals surface area contributed by atoms with Crippen LogP contribution in [0, 0.1) is 15.9 Å². The molecule has 2 aromatic rings. The minimum absolute atomic E-state index is 0.0979. The van der Waals surface area contributed by atoms with Crippen LogP contribution in [0.3, 0.4) is 0 Å². The Bertz CT molecular complexity index is 793. The van der Waals surface area contributed by atoms with Crippen molar-refractivity contribution in [2.75, 3.05) is 13.1 Å². The number of hydrogen-bond acceptors (Lipinski definition) is 4. The Morgan fingerprint density at radius 2 is 1.77 bits per heavy atom. The molecular weight excluding hydrogens is 341 g/mol. The van der Waals surface area contributed by atoms with E-state index in [1.54, 1.807) is 12.1 Å². The van der Waals surface area contributed by atoms with E-state index in [4.69, 9.17) is 0 Å². The molecule has 0 aliphatic rings. The Morgan fingerprint density at radius 3 is 2.42 bits per heavy atom. The first-order valence-electron chi connectivity index (χ1n) is 7.99. The number of nitro groups is 1. The summed E-state index contributed by atoms with van der Waals surface area (Å²) in [5.74, 6) is -0.958. The molecule has 136 valence electrons. The molecule has 0 saturated carbocycles. The molecular formula is C18H18FN3O4. The summed E-state index contributed by atoms with van der Waals surface area (Å²) >= 11 is 0. The Kier molecular flexibility index (Phi) is 6.78. The zero-order chi connectivity index (χ0) is 18.9. The maximum absolute atomic E-state index is 13.0. The van der Waals surface area contributed by atoms with E-state index in [2.05, 4.69) is 10.6 Å². The van der Waals surface area contributed by atoms with Crippen LogP contribution in [0.2, 0.25) is 0 Å². The Balaban J connectivity index is 1.67. The summed E-state index contributed by atoms with van der Waals surface area (Å²) < 4.78 is 13.0. The summed E-state index contributed by atoms with van der Waals surface area (Å²) in [5, 5.41) is 15.8. The van der Waals surface area contributed by atoms with E-state index in [1.807, 2.05) is 0 Å². The third kappa shape index (κ3) is 5.97. The largest absolute Gasteiger partial charge is 0.356 e. The number of nitro benzene ring substituents is 1. The second-order valence-electron chi connectivity index (χ2n) is 5.54. The summed E-state index contributed by atoms with van der Waals surface area (Å²) in [4.78, 5) is 33.6. The van der Waals surface area contributed by atoms with Crippen molar-refractivity contribution >= 4 is 17.5 Å². The number of hydrogen-bond donors (Lipinski definition) is 2. The lowest BCUT2D eigenvalue weighted by atomic mass is 10.1. The predicted molar refractivity (Wildman–Crippen MR) is 93.2 cm³/mol. The van der Waals surface area contributed by atoms with Crippen LogP contribution in [0.25, 0.3) is 0 Å². The van der Waals surface area contributed by atoms with Crippen molar-refractivity contribution in [2.45, 2.75) is 12.8 Å². The molecule has 0 saturated heterocycles. The number of benzene rings is 2. The van der Waals surface area contributed by atoms with Gasteiger partial charge in [0.15, 0.2) is 0 Å². The van der Waals surface area contributed by atoms with Crippen LogP contribution in [0.1, 0.15) is 22.3 Å². The molecule has 2 rings (SSSR count). The molecule has 2 aromatic carbocycles. The number of halogens is 1. The van der Waals surface area contributed by atoms with Crippen LogP contribution in [0.5, 0.6) is 0 Å². The van der Waals surface area contributed by atoms with Gasteiger partial charge in [-0.3, -0.25) is 19.7 Å². The first-order valence-corrected chi connectivity index (χ1v) is 7.99. The average molecular weight is 359 g/mol. The number of amides is 2. The normalized spacial score (nSPS) is 10.2. The topological polar surface area (TPSA) is 101 Å². The predicted octanol–water partition coefficient (Wildman–Crippen LogP) is 2.21. The van der Waals surface area contributed by atoms with Crippen molar-refractivity contribution in [1.29, 1.82) is 0 Å². The number of nitrogens with one attached hydrogen (secondary N) is 2. The van der Waals surface area contributed by atoms with E-state index in [9.17, 15) is 24.1 Å². The van der Waals surface area contributed by atoms with Gasteiger partial charge in [0.1, 0.15) is 5.82 Å².